The lowest BCUT2D eigenvalue weighted by molar-refractivity contribution is -0.141. The van der Waals surface area contributed by atoms with Crippen molar-refractivity contribution in [3.05, 3.63) is 81.7 Å². The fourth-order valence-corrected chi connectivity index (χ4v) is 5.06. The summed E-state index contributed by atoms with van der Waals surface area (Å²) in [6, 6.07) is 18.6. The number of anilines is 1. The number of nitrogens with one attached hydrogen (secondary N) is 1. The summed E-state index contributed by atoms with van der Waals surface area (Å²) in [6.45, 7) is -0.456. The molecule has 0 atom stereocenters. The molecule has 0 fully saturated rings. The highest BCUT2D eigenvalue weighted by molar-refractivity contribution is 7.16. The Bertz CT molecular complexity index is 1260. The van der Waals surface area contributed by atoms with Gasteiger partial charge in [-0.25, -0.2) is 4.79 Å². The van der Waals surface area contributed by atoms with Crippen molar-refractivity contribution in [2.24, 2.45) is 0 Å². The lowest BCUT2D eigenvalue weighted by atomic mass is 10.0. The molecule has 33 heavy (non-hydrogen) atoms. The zero-order valence-corrected chi connectivity index (χ0v) is 18.9. The zero-order chi connectivity index (χ0) is 23.2. The number of hydrogen-bond donors (Lipinski definition) is 1. The molecule has 0 unspecified atom stereocenters. The van der Waals surface area contributed by atoms with Gasteiger partial charge in [0.1, 0.15) is 16.8 Å². The van der Waals surface area contributed by atoms with Crippen LogP contribution in [0.5, 0.6) is 5.75 Å². The number of carbonyl (C=O) groups excluding carboxylic acids is 2. The summed E-state index contributed by atoms with van der Waals surface area (Å²) in [6.07, 6.45) is 4.50. The van der Waals surface area contributed by atoms with Crippen molar-refractivity contribution in [1.82, 2.24) is 0 Å². The van der Waals surface area contributed by atoms with Gasteiger partial charge in [0, 0.05) is 10.4 Å². The molecule has 166 valence electrons. The molecule has 1 N–H and O–H groups in total. The maximum Gasteiger partial charge on any atom is 0.339 e. The molecule has 7 heteroatoms. The summed E-state index contributed by atoms with van der Waals surface area (Å²) in [5.41, 5.74) is 3.23. The van der Waals surface area contributed by atoms with Gasteiger partial charge < -0.3 is 14.8 Å². The van der Waals surface area contributed by atoms with Crippen LogP contribution in [0.15, 0.2) is 54.6 Å². The number of carbonyl (C=O) groups is 2. The molecule has 1 aliphatic carbocycles. The van der Waals surface area contributed by atoms with Gasteiger partial charge in [-0.05, 0) is 42.5 Å². The van der Waals surface area contributed by atoms with E-state index >= 15 is 0 Å². The predicted octanol–water partition coefficient (Wildman–Crippen LogP) is 4.84. The van der Waals surface area contributed by atoms with Crippen LogP contribution in [0.4, 0.5) is 5.00 Å². The van der Waals surface area contributed by atoms with Crippen molar-refractivity contribution < 1.29 is 19.1 Å². The van der Waals surface area contributed by atoms with Crippen LogP contribution in [0, 0.1) is 11.3 Å². The summed E-state index contributed by atoms with van der Waals surface area (Å²) in [5, 5.41) is 12.7. The monoisotopic (exact) mass is 458 g/mol. The lowest BCUT2D eigenvalue weighted by Gasteiger charge is -2.11. The fourth-order valence-electron chi connectivity index (χ4n) is 3.80. The molecule has 1 aromatic heterocycles. The van der Waals surface area contributed by atoms with Crippen LogP contribution in [-0.4, -0.2) is 25.6 Å². The van der Waals surface area contributed by atoms with Crippen LogP contribution in [0.2, 0.25) is 0 Å². The average molecular weight is 459 g/mol. The molecule has 4 rings (SSSR count). The number of ether oxygens (including phenoxy) is 2. The predicted molar refractivity (Wildman–Crippen MR) is 128 cm³/mol. The van der Waals surface area contributed by atoms with Crippen molar-refractivity contribution in [2.45, 2.75) is 19.3 Å². The minimum Gasteiger partial charge on any atom is -0.496 e. The minimum absolute atomic E-state index is 0.306. The molecule has 0 radical (unpaired) electrons. The standard InChI is InChI=1S/C26H22N2O4S/c1-31-22-12-6-5-10-18(22)14-20(17-8-3-2-4-9-17)26(30)32-16-24(29)28-25-21(15-27)19-11-7-13-23(19)33-25/h2-6,8-10,12,14H,7,11,13,16H2,1H3,(H,28,29)/b20-14+. The number of hydrogen-bond acceptors (Lipinski definition) is 6. The Hall–Kier alpha value is -3.89. The fraction of sp³-hybridized carbons (Fsp3) is 0.192. The van der Waals surface area contributed by atoms with E-state index < -0.39 is 18.5 Å². The maximum atomic E-state index is 13.0. The third-order valence-electron chi connectivity index (χ3n) is 5.36. The number of benzene rings is 2. The maximum absolute atomic E-state index is 13.0. The van der Waals surface area contributed by atoms with Gasteiger partial charge in [-0.2, -0.15) is 5.26 Å². The third kappa shape index (κ3) is 4.97. The molecule has 3 aromatic rings. The van der Waals surface area contributed by atoms with Crippen LogP contribution in [0.3, 0.4) is 0 Å². The van der Waals surface area contributed by atoms with Gasteiger partial charge in [0.15, 0.2) is 6.61 Å². The van der Waals surface area contributed by atoms with E-state index in [1.807, 2.05) is 36.4 Å². The van der Waals surface area contributed by atoms with E-state index in [1.165, 1.54) is 11.3 Å². The van der Waals surface area contributed by atoms with Gasteiger partial charge in [-0.15, -0.1) is 11.3 Å². The highest BCUT2D eigenvalue weighted by atomic mass is 32.1. The van der Waals surface area contributed by atoms with E-state index in [9.17, 15) is 14.9 Å². The Balaban J connectivity index is 1.50. The Morgan fingerprint density at radius 1 is 1.12 bits per heavy atom. The topological polar surface area (TPSA) is 88.4 Å². The number of aryl methyl sites for hydroxylation is 1. The van der Waals surface area contributed by atoms with E-state index in [0.29, 0.717) is 33.0 Å². The van der Waals surface area contributed by atoms with E-state index in [1.54, 1.807) is 31.4 Å². The van der Waals surface area contributed by atoms with Crippen LogP contribution in [0.25, 0.3) is 11.6 Å². The summed E-state index contributed by atoms with van der Waals surface area (Å²) in [4.78, 5) is 26.6. The van der Waals surface area contributed by atoms with Gasteiger partial charge in [0.25, 0.3) is 5.91 Å². The normalized spacial score (nSPS) is 12.5. The van der Waals surface area contributed by atoms with E-state index in [2.05, 4.69) is 11.4 Å². The SMILES string of the molecule is COc1ccccc1/C=C(/C(=O)OCC(=O)Nc1sc2c(c1C#N)CCC2)c1ccccc1. The number of thiophene rings is 1. The first kappa shape index (κ1) is 22.3. The molecule has 0 aliphatic heterocycles. The van der Waals surface area contributed by atoms with Crippen molar-refractivity contribution in [1.29, 1.82) is 5.26 Å². The second kappa shape index (κ2) is 10.2. The summed E-state index contributed by atoms with van der Waals surface area (Å²) >= 11 is 1.42. The van der Waals surface area contributed by atoms with E-state index in [0.717, 1.165) is 29.7 Å². The number of esters is 1. The number of nitriles is 1. The molecule has 2 aromatic carbocycles. The number of fused-ring (bicyclic) bond motifs is 1. The molecular weight excluding hydrogens is 436 g/mol. The van der Waals surface area contributed by atoms with Crippen molar-refractivity contribution in [3.63, 3.8) is 0 Å². The molecule has 1 aliphatic rings. The molecule has 0 bridgehead atoms. The summed E-state index contributed by atoms with van der Waals surface area (Å²) in [7, 11) is 1.56. The van der Waals surface area contributed by atoms with E-state index in [-0.39, 0.29) is 0 Å². The first-order chi connectivity index (χ1) is 16.1. The third-order valence-corrected chi connectivity index (χ3v) is 6.57. The Kier molecular flexibility index (Phi) is 6.86. The molecular formula is C26H22N2O4S. The first-order valence-electron chi connectivity index (χ1n) is 10.5. The van der Waals surface area contributed by atoms with Gasteiger partial charge in [-0.1, -0.05) is 48.5 Å². The molecule has 0 saturated heterocycles. The van der Waals surface area contributed by atoms with Crippen LogP contribution < -0.4 is 10.1 Å². The van der Waals surface area contributed by atoms with Crippen LogP contribution in [-0.2, 0) is 27.2 Å². The molecule has 0 saturated carbocycles. The molecule has 6 nitrogen and oxygen atoms in total. The average Bonchev–Trinajstić information content (AvgIpc) is 3.42. The highest BCUT2D eigenvalue weighted by Crippen LogP contribution is 2.38. The number of amides is 1. The minimum atomic E-state index is -0.628. The number of nitrogens with zero attached hydrogens (tertiary/aromatic N) is 1. The zero-order valence-electron chi connectivity index (χ0n) is 18.1. The quantitative estimate of drug-likeness (QED) is 0.311. The largest absolute Gasteiger partial charge is 0.496 e. The number of para-hydroxylation sites is 1. The van der Waals surface area contributed by atoms with Gasteiger partial charge in [0.05, 0.1) is 18.2 Å². The molecule has 1 amide bonds. The van der Waals surface area contributed by atoms with Crippen molar-refractivity contribution in [3.8, 4) is 11.8 Å². The van der Waals surface area contributed by atoms with Gasteiger partial charge in [0.2, 0.25) is 0 Å². The van der Waals surface area contributed by atoms with Crippen molar-refractivity contribution >= 4 is 39.9 Å². The van der Waals surface area contributed by atoms with Crippen molar-refractivity contribution in [2.75, 3.05) is 19.0 Å². The van der Waals surface area contributed by atoms with Crippen LogP contribution in [0.1, 0.15) is 33.6 Å². The highest BCUT2D eigenvalue weighted by Gasteiger charge is 2.23. The molecule has 0 spiro atoms. The second-order valence-corrected chi connectivity index (χ2v) is 8.57. The lowest BCUT2D eigenvalue weighted by Crippen LogP contribution is -2.21. The molecule has 1 heterocycles. The van der Waals surface area contributed by atoms with Gasteiger partial charge >= 0.3 is 5.97 Å². The Morgan fingerprint density at radius 3 is 2.64 bits per heavy atom. The summed E-state index contributed by atoms with van der Waals surface area (Å²) in [5.74, 6) is -0.493. The Morgan fingerprint density at radius 2 is 1.88 bits per heavy atom. The first-order valence-corrected chi connectivity index (χ1v) is 11.3. The number of methoxy groups -OCH3 is 1. The smallest absolute Gasteiger partial charge is 0.339 e. The van der Waals surface area contributed by atoms with E-state index in [4.69, 9.17) is 9.47 Å². The Labute approximate surface area is 196 Å². The summed E-state index contributed by atoms with van der Waals surface area (Å²) < 4.78 is 10.7. The second-order valence-electron chi connectivity index (χ2n) is 7.46. The van der Waals surface area contributed by atoms with Crippen LogP contribution >= 0.6 is 11.3 Å². The van der Waals surface area contributed by atoms with Gasteiger partial charge in [-0.3, -0.25) is 4.79 Å². The number of rotatable bonds is 7.